The Bertz CT molecular complexity index is 641. The van der Waals surface area contributed by atoms with Crippen LogP contribution < -0.4 is 10.6 Å². The third-order valence-electron chi connectivity index (χ3n) is 3.05. The fourth-order valence-electron chi connectivity index (χ4n) is 2.01. The van der Waals surface area contributed by atoms with E-state index in [2.05, 4.69) is 5.73 Å². The van der Waals surface area contributed by atoms with E-state index >= 15 is 0 Å². The summed E-state index contributed by atoms with van der Waals surface area (Å²) < 4.78 is 0. The summed E-state index contributed by atoms with van der Waals surface area (Å²) in [4.78, 5) is 14.0. The molecule has 5 N–H and O–H groups in total. The van der Waals surface area contributed by atoms with Crippen LogP contribution in [-0.4, -0.2) is 22.7 Å². The normalized spacial score (nSPS) is 10.3. The monoisotopic (exact) mass is 273 g/mol. The molecule has 0 fully saturated rings. The van der Waals surface area contributed by atoms with E-state index in [1.165, 1.54) is 17.0 Å². The number of hydrogen-bond donors (Lipinski definition) is 3. The number of para-hydroxylation sites is 1. The molecule has 0 radical (unpaired) electrons. The molecular formula is C15H17N2O3+. The van der Waals surface area contributed by atoms with Crippen LogP contribution in [0.5, 0.6) is 11.5 Å². The van der Waals surface area contributed by atoms with E-state index < -0.39 is 0 Å². The molecule has 20 heavy (non-hydrogen) atoms. The van der Waals surface area contributed by atoms with Gasteiger partial charge in [-0.3, -0.25) is 4.79 Å². The van der Waals surface area contributed by atoms with Crippen LogP contribution in [0.15, 0.2) is 42.5 Å². The molecular weight excluding hydrogens is 256 g/mol. The third-order valence-corrected chi connectivity index (χ3v) is 3.05. The molecule has 0 spiro atoms. The van der Waals surface area contributed by atoms with Crippen LogP contribution >= 0.6 is 0 Å². The number of aromatic hydroxyl groups is 2. The third kappa shape index (κ3) is 2.57. The fourth-order valence-corrected chi connectivity index (χ4v) is 2.01. The molecule has 0 atom stereocenters. The number of phenolic OH excluding ortho intramolecular Hbond substituents is 2. The molecule has 1 amide bonds. The summed E-state index contributed by atoms with van der Waals surface area (Å²) >= 11 is 0. The smallest absolute Gasteiger partial charge is 0.262 e. The number of anilines is 1. The number of carbonyl (C=O) groups excluding carboxylic acids is 1. The number of nitrogens with zero attached hydrogens (tertiary/aromatic N) is 1. The second-order valence-electron chi connectivity index (χ2n) is 4.38. The Hall–Kier alpha value is -2.53. The highest BCUT2D eigenvalue weighted by atomic mass is 16.3. The van der Waals surface area contributed by atoms with Crippen molar-refractivity contribution in [2.45, 2.75) is 6.92 Å². The van der Waals surface area contributed by atoms with Gasteiger partial charge in [0.25, 0.3) is 5.91 Å². The van der Waals surface area contributed by atoms with Crippen molar-refractivity contribution in [2.75, 3.05) is 11.4 Å². The number of benzene rings is 2. The van der Waals surface area contributed by atoms with Gasteiger partial charge in [-0.2, -0.15) is 0 Å². The van der Waals surface area contributed by atoms with Gasteiger partial charge < -0.3 is 20.8 Å². The lowest BCUT2D eigenvalue weighted by atomic mass is 10.1. The summed E-state index contributed by atoms with van der Waals surface area (Å²) in [6.07, 6.45) is 0. The van der Waals surface area contributed by atoms with E-state index in [4.69, 9.17) is 0 Å². The average Bonchev–Trinajstić information content (AvgIpc) is 2.42. The highest BCUT2D eigenvalue weighted by molar-refractivity contribution is 6.08. The fraction of sp³-hybridized carbons (Fsp3) is 0.133. The second-order valence-corrected chi connectivity index (χ2v) is 4.38. The largest absolute Gasteiger partial charge is 0.508 e. The van der Waals surface area contributed by atoms with Gasteiger partial charge in [-0.25, -0.2) is 0 Å². The van der Waals surface area contributed by atoms with Crippen molar-refractivity contribution in [2.24, 2.45) is 0 Å². The maximum Gasteiger partial charge on any atom is 0.262 e. The average molecular weight is 273 g/mol. The van der Waals surface area contributed by atoms with Crippen molar-refractivity contribution in [3.8, 4) is 11.5 Å². The first kappa shape index (κ1) is 13.9. The lowest BCUT2D eigenvalue weighted by Gasteiger charge is -2.21. The lowest BCUT2D eigenvalue weighted by Crippen LogP contribution is -2.40. The van der Waals surface area contributed by atoms with Crippen LogP contribution in [0.25, 0.3) is 0 Å². The van der Waals surface area contributed by atoms with E-state index in [0.29, 0.717) is 17.9 Å². The number of rotatable bonds is 3. The summed E-state index contributed by atoms with van der Waals surface area (Å²) in [5.74, 6) is -0.360. The van der Waals surface area contributed by atoms with Gasteiger partial charge in [-0.15, -0.1) is 0 Å². The Kier molecular flexibility index (Phi) is 3.91. The number of quaternary nitrogens is 1. The molecule has 2 rings (SSSR count). The van der Waals surface area contributed by atoms with Gasteiger partial charge in [0.05, 0.1) is 5.56 Å². The highest BCUT2D eigenvalue weighted by Gasteiger charge is 2.21. The van der Waals surface area contributed by atoms with E-state index in [1.54, 1.807) is 30.3 Å². The molecule has 2 aromatic rings. The van der Waals surface area contributed by atoms with Gasteiger partial charge in [-0.1, -0.05) is 12.1 Å². The molecule has 5 heteroatoms. The molecule has 0 unspecified atom stereocenters. The molecule has 0 aliphatic rings. The quantitative estimate of drug-likeness (QED) is 0.794. The second kappa shape index (κ2) is 5.63. The van der Waals surface area contributed by atoms with Crippen molar-refractivity contribution in [3.05, 3.63) is 48.0 Å². The van der Waals surface area contributed by atoms with Crippen LogP contribution in [0.2, 0.25) is 0 Å². The minimum atomic E-state index is -0.332. The van der Waals surface area contributed by atoms with E-state index in [1.807, 2.05) is 6.92 Å². The van der Waals surface area contributed by atoms with Crippen LogP contribution in [0.1, 0.15) is 17.3 Å². The van der Waals surface area contributed by atoms with Crippen LogP contribution in [0.3, 0.4) is 0 Å². The minimum Gasteiger partial charge on any atom is -0.508 e. The summed E-state index contributed by atoms with van der Waals surface area (Å²) in [6.45, 7) is 2.25. The molecule has 0 aromatic heterocycles. The molecule has 2 aromatic carbocycles. The first-order chi connectivity index (χ1) is 9.54. The maximum atomic E-state index is 12.5. The first-order valence-corrected chi connectivity index (χ1v) is 6.29. The predicted molar refractivity (Wildman–Crippen MR) is 76.1 cm³/mol. The van der Waals surface area contributed by atoms with Crippen molar-refractivity contribution in [3.63, 3.8) is 0 Å². The van der Waals surface area contributed by atoms with Crippen LogP contribution in [0, 0.1) is 0 Å². The predicted octanol–water partition coefficient (Wildman–Crippen LogP) is 1.64. The van der Waals surface area contributed by atoms with Crippen molar-refractivity contribution in [1.29, 1.82) is 0 Å². The standard InChI is InChI=1S/C15H16N2O3/c1-2-17(10-5-3-6-11(18)9-10)15(20)12-7-4-8-13(16)14(12)19/h3-9,18-19H,2,16H2,1H3/p+1. The topological polar surface area (TPSA) is 88.4 Å². The van der Waals surface area contributed by atoms with Gasteiger partial charge in [-0.05, 0) is 25.1 Å². The Morgan fingerprint density at radius 2 is 1.90 bits per heavy atom. The van der Waals surface area contributed by atoms with Gasteiger partial charge in [0.1, 0.15) is 5.75 Å². The van der Waals surface area contributed by atoms with Crippen LogP contribution in [-0.2, 0) is 0 Å². The van der Waals surface area contributed by atoms with Gasteiger partial charge >= 0.3 is 0 Å². The zero-order chi connectivity index (χ0) is 14.7. The van der Waals surface area contributed by atoms with Crippen LogP contribution in [0.4, 0.5) is 11.4 Å². The summed E-state index contributed by atoms with van der Waals surface area (Å²) in [6, 6.07) is 11.3. The molecule has 5 nitrogen and oxygen atoms in total. The Morgan fingerprint density at radius 3 is 2.55 bits per heavy atom. The van der Waals surface area contributed by atoms with Crippen molar-refractivity contribution < 1.29 is 20.7 Å². The maximum absolute atomic E-state index is 12.5. The summed E-state index contributed by atoms with van der Waals surface area (Å²) in [7, 11) is 0. The van der Waals surface area contributed by atoms with Crippen molar-refractivity contribution in [1.82, 2.24) is 0 Å². The Labute approximate surface area is 116 Å². The Balaban J connectivity index is 2.42. The summed E-state index contributed by atoms with van der Waals surface area (Å²) in [5.41, 5.74) is 4.85. The number of amides is 1. The zero-order valence-corrected chi connectivity index (χ0v) is 11.2. The molecule has 104 valence electrons. The van der Waals surface area contributed by atoms with Gasteiger partial charge in [0, 0.05) is 24.4 Å². The SMILES string of the molecule is CCN(C(=O)c1cccc([NH3+])c1O)c1cccc(O)c1. The molecule has 0 saturated carbocycles. The van der Waals surface area contributed by atoms with E-state index in [9.17, 15) is 15.0 Å². The molecule has 0 bridgehead atoms. The Morgan fingerprint density at radius 1 is 1.20 bits per heavy atom. The summed E-state index contributed by atoms with van der Waals surface area (Å²) in [5, 5.41) is 19.5. The molecule has 0 saturated heterocycles. The molecule has 0 heterocycles. The van der Waals surface area contributed by atoms with Gasteiger partial charge in [0.15, 0.2) is 11.4 Å². The van der Waals surface area contributed by atoms with E-state index in [-0.39, 0.29) is 23.0 Å². The minimum absolute atomic E-state index is 0.0869. The highest BCUT2D eigenvalue weighted by Crippen LogP contribution is 2.27. The van der Waals surface area contributed by atoms with E-state index in [0.717, 1.165) is 0 Å². The number of carbonyl (C=O) groups is 1. The van der Waals surface area contributed by atoms with Crippen molar-refractivity contribution >= 4 is 17.3 Å². The lowest BCUT2D eigenvalue weighted by molar-refractivity contribution is -0.256. The first-order valence-electron chi connectivity index (χ1n) is 6.29. The van der Waals surface area contributed by atoms with Gasteiger partial charge in [0.2, 0.25) is 0 Å². The zero-order valence-electron chi connectivity index (χ0n) is 11.2. The number of hydrogen-bond acceptors (Lipinski definition) is 3. The molecule has 0 aliphatic heterocycles. The molecule has 0 aliphatic carbocycles. The number of phenols is 2.